The molecule has 0 radical (unpaired) electrons. The van der Waals surface area contributed by atoms with E-state index in [2.05, 4.69) is 32.0 Å². The van der Waals surface area contributed by atoms with Gasteiger partial charge in [-0.1, -0.05) is 6.92 Å². The van der Waals surface area contributed by atoms with Gasteiger partial charge >= 0.3 is 0 Å². The number of amides is 1. The van der Waals surface area contributed by atoms with E-state index >= 15 is 0 Å². The number of aryl methyl sites for hydroxylation is 1. The van der Waals surface area contributed by atoms with Crippen molar-refractivity contribution in [1.29, 1.82) is 0 Å². The van der Waals surface area contributed by atoms with E-state index < -0.39 is 0 Å². The largest absolute Gasteiger partial charge is 0.385 e. The van der Waals surface area contributed by atoms with Gasteiger partial charge in [0.05, 0.1) is 11.3 Å². The first-order valence-electron chi connectivity index (χ1n) is 8.23. The summed E-state index contributed by atoms with van der Waals surface area (Å²) < 4.78 is 4.97. The van der Waals surface area contributed by atoms with Crippen molar-refractivity contribution >= 4 is 11.9 Å². The summed E-state index contributed by atoms with van der Waals surface area (Å²) in [7, 11) is 1.65. The van der Waals surface area contributed by atoms with Crippen LogP contribution in [-0.2, 0) is 4.74 Å². The van der Waals surface area contributed by atoms with Crippen molar-refractivity contribution in [3.8, 4) is 0 Å². The number of hydrogen-bond donors (Lipinski definition) is 1. The van der Waals surface area contributed by atoms with E-state index in [0.29, 0.717) is 24.7 Å². The lowest BCUT2D eigenvalue weighted by atomic mass is 10.2. The van der Waals surface area contributed by atoms with E-state index in [-0.39, 0.29) is 5.91 Å². The zero-order valence-corrected chi connectivity index (χ0v) is 14.3. The van der Waals surface area contributed by atoms with Crippen molar-refractivity contribution in [1.82, 2.24) is 20.2 Å². The molecule has 1 amide bonds. The third-order valence-electron chi connectivity index (χ3n) is 4.12. The van der Waals surface area contributed by atoms with Gasteiger partial charge in [-0.3, -0.25) is 4.79 Å². The summed E-state index contributed by atoms with van der Waals surface area (Å²) in [4.78, 5) is 25.6. The lowest BCUT2D eigenvalue weighted by Gasteiger charge is -2.34. The first-order valence-corrected chi connectivity index (χ1v) is 8.23. The summed E-state index contributed by atoms with van der Waals surface area (Å²) in [5.41, 5.74) is 1.26. The maximum atomic E-state index is 12.1. The minimum absolute atomic E-state index is 0.124. The van der Waals surface area contributed by atoms with Gasteiger partial charge in [0.25, 0.3) is 5.91 Å². The molecular formula is C16H27N5O2. The van der Waals surface area contributed by atoms with E-state index in [1.54, 1.807) is 13.3 Å². The minimum atomic E-state index is -0.124. The van der Waals surface area contributed by atoms with Crippen LogP contribution in [0.25, 0.3) is 0 Å². The van der Waals surface area contributed by atoms with Gasteiger partial charge in [-0.15, -0.1) is 0 Å². The highest BCUT2D eigenvalue weighted by Gasteiger charge is 2.19. The highest BCUT2D eigenvalue weighted by atomic mass is 16.5. The van der Waals surface area contributed by atoms with Gasteiger partial charge in [-0.05, 0) is 19.9 Å². The van der Waals surface area contributed by atoms with Crippen LogP contribution in [0.5, 0.6) is 0 Å². The smallest absolute Gasteiger partial charge is 0.254 e. The van der Waals surface area contributed by atoms with Gasteiger partial charge in [-0.25, -0.2) is 9.97 Å². The molecule has 0 aliphatic carbocycles. The minimum Gasteiger partial charge on any atom is -0.385 e. The second-order valence-electron chi connectivity index (χ2n) is 5.69. The molecule has 0 bridgehead atoms. The van der Waals surface area contributed by atoms with Gasteiger partial charge in [0, 0.05) is 52.6 Å². The lowest BCUT2D eigenvalue weighted by Crippen LogP contribution is -2.46. The normalized spacial score (nSPS) is 15.7. The van der Waals surface area contributed by atoms with Gasteiger partial charge in [0.2, 0.25) is 5.95 Å². The monoisotopic (exact) mass is 321 g/mol. The first-order chi connectivity index (χ1) is 11.2. The maximum Gasteiger partial charge on any atom is 0.254 e. The average molecular weight is 321 g/mol. The van der Waals surface area contributed by atoms with Crippen LogP contribution in [0.1, 0.15) is 29.4 Å². The third-order valence-corrected chi connectivity index (χ3v) is 4.12. The molecule has 2 heterocycles. The number of aromatic nitrogens is 2. The van der Waals surface area contributed by atoms with Crippen molar-refractivity contribution in [2.45, 2.75) is 20.3 Å². The molecule has 0 unspecified atom stereocenters. The van der Waals surface area contributed by atoms with Crippen LogP contribution in [0, 0.1) is 6.92 Å². The Kier molecular flexibility index (Phi) is 6.73. The molecule has 1 fully saturated rings. The Morgan fingerprint density at radius 3 is 2.70 bits per heavy atom. The standard InChI is InChI=1S/C16H27N5O2/c1-4-20-7-9-21(10-8-20)16-18-12-14(13(2)19-16)15(22)17-6-5-11-23-3/h12H,4-11H2,1-3H3,(H,17,22). The number of nitrogens with zero attached hydrogens (tertiary/aromatic N) is 4. The fraction of sp³-hybridized carbons (Fsp3) is 0.688. The molecule has 0 saturated carbocycles. The number of hydrogen-bond acceptors (Lipinski definition) is 6. The number of methoxy groups -OCH3 is 1. The molecule has 1 aromatic heterocycles. The highest BCUT2D eigenvalue weighted by Crippen LogP contribution is 2.13. The Hall–Kier alpha value is -1.73. The molecule has 7 heteroatoms. The van der Waals surface area contributed by atoms with Crippen LogP contribution in [-0.4, -0.2) is 73.8 Å². The Morgan fingerprint density at radius 2 is 2.09 bits per heavy atom. The number of carbonyl (C=O) groups is 1. The summed E-state index contributed by atoms with van der Waals surface area (Å²) in [6.07, 6.45) is 2.43. The number of likely N-dealkylation sites (N-methyl/N-ethyl adjacent to an activating group) is 1. The first kappa shape index (κ1) is 17.6. The SMILES string of the molecule is CCN1CCN(c2ncc(C(=O)NCCCOC)c(C)n2)CC1. The van der Waals surface area contributed by atoms with Gasteiger partial charge < -0.3 is 19.9 Å². The van der Waals surface area contributed by atoms with Crippen molar-refractivity contribution in [2.75, 3.05) is 57.9 Å². The summed E-state index contributed by atoms with van der Waals surface area (Å²) >= 11 is 0. The Balaban J connectivity index is 1.94. The molecule has 128 valence electrons. The predicted octanol–water partition coefficient (Wildman–Crippen LogP) is 0.693. The molecule has 1 aliphatic heterocycles. The fourth-order valence-corrected chi connectivity index (χ4v) is 2.61. The van der Waals surface area contributed by atoms with E-state index in [9.17, 15) is 4.79 Å². The maximum absolute atomic E-state index is 12.1. The second-order valence-corrected chi connectivity index (χ2v) is 5.69. The van der Waals surface area contributed by atoms with Crippen LogP contribution in [0.3, 0.4) is 0 Å². The van der Waals surface area contributed by atoms with Crippen LogP contribution >= 0.6 is 0 Å². The molecule has 0 spiro atoms. The molecule has 2 rings (SSSR count). The van der Waals surface area contributed by atoms with Crippen molar-refractivity contribution < 1.29 is 9.53 Å². The zero-order valence-electron chi connectivity index (χ0n) is 14.3. The van der Waals surface area contributed by atoms with Crippen LogP contribution < -0.4 is 10.2 Å². The molecule has 1 aromatic rings. The number of ether oxygens (including phenoxy) is 1. The van der Waals surface area contributed by atoms with Gasteiger partial charge in [0.1, 0.15) is 0 Å². The summed E-state index contributed by atoms with van der Waals surface area (Å²) in [6, 6.07) is 0. The number of rotatable bonds is 7. The molecule has 1 N–H and O–H groups in total. The van der Waals surface area contributed by atoms with E-state index in [1.807, 2.05) is 6.92 Å². The lowest BCUT2D eigenvalue weighted by molar-refractivity contribution is 0.0947. The van der Waals surface area contributed by atoms with E-state index in [1.165, 1.54) is 0 Å². The highest BCUT2D eigenvalue weighted by molar-refractivity contribution is 5.94. The number of piperazine rings is 1. The number of nitrogens with one attached hydrogen (secondary N) is 1. The topological polar surface area (TPSA) is 70.6 Å². The number of carbonyl (C=O) groups excluding carboxylic acids is 1. The van der Waals surface area contributed by atoms with Gasteiger partial charge in [0.15, 0.2) is 0 Å². The molecule has 23 heavy (non-hydrogen) atoms. The number of anilines is 1. The Bertz CT molecular complexity index is 515. The van der Waals surface area contributed by atoms with Crippen molar-refractivity contribution in [3.63, 3.8) is 0 Å². The third kappa shape index (κ3) is 4.87. The van der Waals surface area contributed by atoms with Crippen molar-refractivity contribution in [3.05, 3.63) is 17.5 Å². The molecule has 0 atom stereocenters. The summed E-state index contributed by atoms with van der Waals surface area (Å²) in [5.74, 6) is 0.593. The average Bonchev–Trinajstić information content (AvgIpc) is 2.58. The van der Waals surface area contributed by atoms with Crippen molar-refractivity contribution in [2.24, 2.45) is 0 Å². The predicted molar refractivity (Wildman–Crippen MR) is 89.9 cm³/mol. The summed E-state index contributed by atoms with van der Waals surface area (Å²) in [6.45, 7) is 10.3. The van der Waals surface area contributed by atoms with E-state index in [0.717, 1.165) is 44.8 Å². The zero-order chi connectivity index (χ0) is 16.7. The molecule has 1 saturated heterocycles. The second kappa shape index (κ2) is 8.79. The van der Waals surface area contributed by atoms with Crippen LogP contribution in [0.15, 0.2) is 6.20 Å². The molecule has 0 aromatic carbocycles. The Morgan fingerprint density at radius 1 is 1.35 bits per heavy atom. The molecule has 7 nitrogen and oxygen atoms in total. The Labute approximate surface area is 138 Å². The van der Waals surface area contributed by atoms with Gasteiger partial charge in [-0.2, -0.15) is 0 Å². The van der Waals surface area contributed by atoms with E-state index in [4.69, 9.17) is 4.74 Å². The molecule has 1 aliphatic rings. The molecular weight excluding hydrogens is 294 g/mol. The summed E-state index contributed by atoms with van der Waals surface area (Å²) in [5, 5.41) is 2.87. The van der Waals surface area contributed by atoms with Crippen LogP contribution in [0.4, 0.5) is 5.95 Å². The fourth-order valence-electron chi connectivity index (χ4n) is 2.61. The van der Waals surface area contributed by atoms with Crippen LogP contribution in [0.2, 0.25) is 0 Å². The quantitative estimate of drug-likeness (QED) is 0.745.